The van der Waals surface area contributed by atoms with Gasteiger partial charge >= 0.3 is 0 Å². The molecule has 1 amide bonds. The first-order valence-corrected chi connectivity index (χ1v) is 7.30. The van der Waals surface area contributed by atoms with E-state index in [-0.39, 0.29) is 30.4 Å². The fourth-order valence-electron chi connectivity index (χ4n) is 2.63. The molecule has 3 heterocycles. The number of aromatic nitrogens is 2. The van der Waals surface area contributed by atoms with Gasteiger partial charge in [-0.2, -0.15) is 5.10 Å². The van der Waals surface area contributed by atoms with Crippen molar-refractivity contribution in [3.05, 3.63) is 29.7 Å². The lowest BCUT2D eigenvalue weighted by atomic mass is 10.00. The summed E-state index contributed by atoms with van der Waals surface area (Å²) in [6.45, 7) is 4.98. The Labute approximate surface area is 135 Å². The van der Waals surface area contributed by atoms with E-state index in [4.69, 9.17) is 4.42 Å². The Balaban J connectivity index is 0.00000176. The van der Waals surface area contributed by atoms with Gasteiger partial charge in [-0.1, -0.05) is 0 Å². The summed E-state index contributed by atoms with van der Waals surface area (Å²) in [6.07, 6.45) is 2.07. The second-order valence-electron chi connectivity index (χ2n) is 5.54. The monoisotopic (exact) mass is 324 g/mol. The molecule has 0 radical (unpaired) electrons. The molecule has 1 aliphatic heterocycles. The largest absolute Gasteiger partial charge is 0.460 e. The number of aryl methyl sites for hydroxylation is 1. The van der Waals surface area contributed by atoms with Gasteiger partial charge in [-0.05, 0) is 45.4 Å². The maximum Gasteiger partial charge on any atom is 0.272 e. The van der Waals surface area contributed by atoms with E-state index in [1.807, 2.05) is 19.1 Å². The third kappa shape index (κ3) is 3.51. The van der Waals surface area contributed by atoms with E-state index in [2.05, 4.69) is 27.8 Å². The SMILES string of the molecule is Cc1ccc(-c2cc(C(=O)NC3CCCNC3C)n[nH]2)o1.Cl. The molecule has 6 nitrogen and oxygen atoms in total. The molecule has 2 aromatic heterocycles. The van der Waals surface area contributed by atoms with Crippen molar-refractivity contribution in [2.45, 2.75) is 38.8 Å². The van der Waals surface area contributed by atoms with Crippen LogP contribution in [0.3, 0.4) is 0 Å². The predicted octanol–water partition coefficient (Wildman–Crippen LogP) is 2.27. The Bertz CT molecular complexity index is 637. The van der Waals surface area contributed by atoms with Crippen LogP contribution in [0.2, 0.25) is 0 Å². The van der Waals surface area contributed by atoms with Gasteiger partial charge in [-0.15, -0.1) is 12.4 Å². The van der Waals surface area contributed by atoms with Gasteiger partial charge in [0, 0.05) is 18.2 Å². The van der Waals surface area contributed by atoms with Crippen LogP contribution < -0.4 is 10.6 Å². The Kier molecular flexibility index (Phi) is 5.26. The summed E-state index contributed by atoms with van der Waals surface area (Å²) in [5.74, 6) is 1.36. The zero-order valence-electron chi connectivity index (χ0n) is 12.7. The van der Waals surface area contributed by atoms with Gasteiger partial charge in [-0.25, -0.2) is 0 Å². The highest BCUT2D eigenvalue weighted by Gasteiger charge is 2.24. The van der Waals surface area contributed by atoms with Crippen LogP contribution in [0.25, 0.3) is 11.5 Å². The number of hydrogen-bond donors (Lipinski definition) is 3. The van der Waals surface area contributed by atoms with Crippen LogP contribution in [-0.2, 0) is 0 Å². The molecule has 1 saturated heterocycles. The first kappa shape index (κ1) is 16.6. The minimum absolute atomic E-state index is 0. The average Bonchev–Trinajstić information content (AvgIpc) is 3.10. The van der Waals surface area contributed by atoms with Crippen LogP contribution in [0.4, 0.5) is 0 Å². The lowest BCUT2D eigenvalue weighted by Gasteiger charge is -2.30. The summed E-state index contributed by atoms with van der Waals surface area (Å²) in [5.41, 5.74) is 1.10. The van der Waals surface area contributed by atoms with E-state index < -0.39 is 0 Å². The number of halogens is 1. The van der Waals surface area contributed by atoms with Crippen molar-refractivity contribution in [3.63, 3.8) is 0 Å². The van der Waals surface area contributed by atoms with E-state index in [0.29, 0.717) is 17.1 Å². The molecule has 0 bridgehead atoms. The molecule has 0 aliphatic carbocycles. The predicted molar refractivity (Wildman–Crippen MR) is 86.2 cm³/mol. The summed E-state index contributed by atoms with van der Waals surface area (Å²) in [5, 5.41) is 13.3. The van der Waals surface area contributed by atoms with Gasteiger partial charge in [0.25, 0.3) is 5.91 Å². The maximum atomic E-state index is 12.3. The number of piperidine rings is 1. The number of nitrogens with zero attached hydrogens (tertiary/aromatic N) is 1. The molecule has 0 aromatic carbocycles. The number of rotatable bonds is 3. The molecule has 1 aliphatic rings. The van der Waals surface area contributed by atoms with E-state index in [1.165, 1.54) is 0 Å². The van der Waals surface area contributed by atoms with Crippen molar-refractivity contribution in [3.8, 4) is 11.5 Å². The molecule has 22 heavy (non-hydrogen) atoms. The van der Waals surface area contributed by atoms with E-state index in [0.717, 1.165) is 25.1 Å². The second-order valence-corrected chi connectivity index (χ2v) is 5.54. The molecule has 2 unspecified atom stereocenters. The standard InChI is InChI=1S/C15H20N4O2.ClH/c1-9-5-6-14(21-9)12-8-13(19-18-12)15(20)17-11-4-3-7-16-10(11)2;/h5-6,8,10-11,16H,3-4,7H2,1-2H3,(H,17,20)(H,18,19);1H. The fourth-order valence-corrected chi connectivity index (χ4v) is 2.63. The van der Waals surface area contributed by atoms with Gasteiger partial charge in [0.1, 0.15) is 11.5 Å². The van der Waals surface area contributed by atoms with Crippen LogP contribution in [-0.4, -0.2) is 34.7 Å². The first-order valence-electron chi connectivity index (χ1n) is 7.30. The Morgan fingerprint density at radius 3 is 2.95 bits per heavy atom. The average molecular weight is 325 g/mol. The van der Waals surface area contributed by atoms with Gasteiger partial charge in [0.05, 0.1) is 0 Å². The molecule has 2 atom stereocenters. The van der Waals surface area contributed by atoms with Crippen molar-refractivity contribution in [2.24, 2.45) is 0 Å². The van der Waals surface area contributed by atoms with Crippen LogP contribution in [0.15, 0.2) is 22.6 Å². The number of amides is 1. The molecule has 120 valence electrons. The Morgan fingerprint density at radius 2 is 2.27 bits per heavy atom. The van der Waals surface area contributed by atoms with Crippen molar-refractivity contribution >= 4 is 18.3 Å². The van der Waals surface area contributed by atoms with Crippen molar-refractivity contribution in [1.29, 1.82) is 0 Å². The lowest BCUT2D eigenvalue weighted by molar-refractivity contribution is 0.0914. The van der Waals surface area contributed by atoms with Crippen LogP contribution in [0, 0.1) is 6.92 Å². The van der Waals surface area contributed by atoms with E-state index in [1.54, 1.807) is 6.07 Å². The molecular weight excluding hydrogens is 304 g/mol. The fraction of sp³-hybridized carbons (Fsp3) is 0.467. The van der Waals surface area contributed by atoms with Crippen molar-refractivity contribution in [2.75, 3.05) is 6.54 Å². The number of carbonyl (C=O) groups excluding carboxylic acids is 1. The number of aromatic amines is 1. The third-order valence-corrected chi connectivity index (χ3v) is 3.89. The minimum Gasteiger partial charge on any atom is -0.460 e. The van der Waals surface area contributed by atoms with Crippen LogP contribution >= 0.6 is 12.4 Å². The highest BCUT2D eigenvalue weighted by molar-refractivity contribution is 5.93. The molecular formula is C15H21ClN4O2. The van der Waals surface area contributed by atoms with Crippen molar-refractivity contribution < 1.29 is 9.21 Å². The number of hydrogen-bond acceptors (Lipinski definition) is 4. The van der Waals surface area contributed by atoms with Crippen molar-refractivity contribution in [1.82, 2.24) is 20.8 Å². The van der Waals surface area contributed by atoms with Gasteiger partial charge < -0.3 is 15.1 Å². The van der Waals surface area contributed by atoms with E-state index >= 15 is 0 Å². The number of nitrogens with one attached hydrogen (secondary N) is 3. The summed E-state index contributed by atoms with van der Waals surface area (Å²) >= 11 is 0. The smallest absolute Gasteiger partial charge is 0.272 e. The Hall–Kier alpha value is -1.79. The van der Waals surface area contributed by atoms with Crippen LogP contribution in [0.1, 0.15) is 36.0 Å². The molecule has 1 fully saturated rings. The topological polar surface area (TPSA) is 83.0 Å². The lowest BCUT2D eigenvalue weighted by Crippen LogP contribution is -2.51. The molecule has 3 N–H and O–H groups in total. The quantitative estimate of drug-likeness (QED) is 0.808. The number of carbonyl (C=O) groups is 1. The highest BCUT2D eigenvalue weighted by atomic mass is 35.5. The zero-order valence-corrected chi connectivity index (χ0v) is 13.5. The summed E-state index contributed by atoms with van der Waals surface area (Å²) in [4.78, 5) is 12.3. The summed E-state index contributed by atoms with van der Waals surface area (Å²) in [7, 11) is 0. The zero-order chi connectivity index (χ0) is 14.8. The van der Waals surface area contributed by atoms with Gasteiger partial charge in [-0.3, -0.25) is 9.89 Å². The first-order chi connectivity index (χ1) is 10.1. The number of furan rings is 1. The molecule has 0 spiro atoms. The molecule has 7 heteroatoms. The summed E-state index contributed by atoms with van der Waals surface area (Å²) < 4.78 is 5.52. The van der Waals surface area contributed by atoms with Gasteiger partial charge in [0.2, 0.25) is 0 Å². The number of H-pyrrole nitrogens is 1. The summed E-state index contributed by atoms with van der Waals surface area (Å²) in [6, 6.07) is 5.89. The van der Waals surface area contributed by atoms with Crippen LogP contribution in [0.5, 0.6) is 0 Å². The minimum atomic E-state index is -0.152. The molecule has 2 aromatic rings. The van der Waals surface area contributed by atoms with Gasteiger partial charge in [0.15, 0.2) is 11.5 Å². The Morgan fingerprint density at radius 1 is 1.45 bits per heavy atom. The normalized spacial score (nSPS) is 21.2. The van der Waals surface area contributed by atoms with E-state index in [9.17, 15) is 4.79 Å². The third-order valence-electron chi connectivity index (χ3n) is 3.89. The second kappa shape index (κ2) is 6.98. The highest BCUT2D eigenvalue weighted by Crippen LogP contribution is 2.20. The molecule has 0 saturated carbocycles. The maximum absolute atomic E-state index is 12.3. The molecule has 3 rings (SSSR count).